The topological polar surface area (TPSA) is 21.3 Å². The second-order valence-electron chi connectivity index (χ2n) is 6.53. The number of ether oxygens (including phenoxy) is 1. The van der Waals surface area contributed by atoms with E-state index in [-0.39, 0.29) is 0 Å². The second kappa shape index (κ2) is 6.07. The Kier molecular flexibility index (Phi) is 4.37. The van der Waals surface area contributed by atoms with Crippen LogP contribution in [-0.4, -0.2) is 20.2 Å². The normalized spacial score (nSPS) is 31.7. The number of halogens is 1. The highest BCUT2D eigenvalue weighted by atomic mass is 79.9. The lowest BCUT2D eigenvalue weighted by molar-refractivity contribution is 0.117. The highest BCUT2D eigenvalue weighted by Crippen LogP contribution is 2.57. The number of rotatable bonds is 6. The van der Waals surface area contributed by atoms with E-state index in [4.69, 9.17) is 4.74 Å². The van der Waals surface area contributed by atoms with Gasteiger partial charge in [0.05, 0.1) is 6.61 Å². The SMILES string of the molecule is CNCC1(CCOc2ccc(Br)cc2)CC2CCC1C2. The quantitative estimate of drug-likeness (QED) is 0.838. The molecule has 2 aliphatic carbocycles. The first kappa shape index (κ1) is 14.4. The molecule has 20 heavy (non-hydrogen) atoms. The fourth-order valence-electron chi connectivity index (χ4n) is 4.42. The zero-order valence-electron chi connectivity index (χ0n) is 12.2. The summed E-state index contributed by atoms with van der Waals surface area (Å²) >= 11 is 3.45. The third-order valence-electron chi connectivity index (χ3n) is 5.31. The van der Waals surface area contributed by atoms with Crippen LogP contribution >= 0.6 is 15.9 Å². The maximum atomic E-state index is 5.95. The number of nitrogens with one attached hydrogen (secondary N) is 1. The molecule has 0 radical (unpaired) electrons. The predicted molar refractivity (Wildman–Crippen MR) is 86.1 cm³/mol. The first-order valence-corrected chi connectivity index (χ1v) is 8.54. The van der Waals surface area contributed by atoms with Gasteiger partial charge in [0, 0.05) is 11.0 Å². The number of hydrogen-bond acceptors (Lipinski definition) is 2. The molecule has 0 amide bonds. The van der Waals surface area contributed by atoms with Crippen LogP contribution in [0.3, 0.4) is 0 Å². The minimum absolute atomic E-state index is 0.493. The van der Waals surface area contributed by atoms with Crippen molar-refractivity contribution >= 4 is 15.9 Å². The van der Waals surface area contributed by atoms with Gasteiger partial charge in [0.2, 0.25) is 0 Å². The fraction of sp³-hybridized carbons (Fsp3) is 0.647. The fourth-order valence-corrected chi connectivity index (χ4v) is 4.69. The highest BCUT2D eigenvalue weighted by molar-refractivity contribution is 9.10. The third kappa shape index (κ3) is 2.89. The van der Waals surface area contributed by atoms with E-state index in [1.807, 2.05) is 24.3 Å². The molecule has 1 aromatic carbocycles. The molecule has 3 unspecified atom stereocenters. The van der Waals surface area contributed by atoms with Crippen molar-refractivity contribution in [3.8, 4) is 5.75 Å². The summed E-state index contributed by atoms with van der Waals surface area (Å²) in [4.78, 5) is 0. The minimum Gasteiger partial charge on any atom is -0.494 e. The van der Waals surface area contributed by atoms with Gasteiger partial charge in [0.1, 0.15) is 5.75 Å². The second-order valence-corrected chi connectivity index (χ2v) is 7.44. The van der Waals surface area contributed by atoms with Crippen LogP contribution in [-0.2, 0) is 0 Å². The van der Waals surface area contributed by atoms with Crippen molar-refractivity contribution < 1.29 is 4.74 Å². The molecule has 1 aromatic rings. The molecule has 2 fully saturated rings. The van der Waals surface area contributed by atoms with Crippen LogP contribution in [0, 0.1) is 17.3 Å². The minimum atomic E-state index is 0.493. The van der Waals surface area contributed by atoms with Crippen molar-refractivity contribution in [3.63, 3.8) is 0 Å². The van der Waals surface area contributed by atoms with Crippen molar-refractivity contribution in [2.45, 2.75) is 32.1 Å². The monoisotopic (exact) mass is 337 g/mol. The molecule has 2 aliphatic rings. The van der Waals surface area contributed by atoms with Gasteiger partial charge < -0.3 is 10.1 Å². The van der Waals surface area contributed by atoms with Crippen LogP contribution < -0.4 is 10.1 Å². The Morgan fingerprint density at radius 2 is 2.10 bits per heavy atom. The molecular weight excluding hydrogens is 314 g/mol. The molecule has 3 heteroatoms. The van der Waals surface area contributed by atoms with Crippen LogP contribution in [0.2, 0.25) is 0 Å². The molecule has 0 aromatic heterocycles. The molecule has 1 N–H and O–H groups in total. The molecular formula is C17H24BrNO. The molecule has 0 spiro atoms. The van der Waals surface area contributed by atoms with Gasteiger partial charge in [-0.1, -0.05) is 22.4 Å². The summed E-state index contributed by atoms with van der Waals surface area (Å²) in [6.45, 7) is 1.99. The van der Waals surface area contributed by atoms with Gasteiger partial charge in [0.25, 0.3) is 0 Å². The Labute approximate surface area is 130 Å². The van der Waals surface area contributed by atoms with Crippen molar-refractivity contribution in [1.29, 1.82) is 0 Å². The van der Waals surface area contributed by atoms with Crippen LogP contribution in [0.5, 0.6) is 5.75 Å². The van der Waals surface area contributed by atoms with Gasteiger partial charge in [-0.3, -0.25) is 0 Å². The smallest absolute Gasteiger partial charge is 0.119 e. The Balaban J connectivity index is 1.57. The van der Waals surface area contributed by atoms with Crippen molar-refractivity contribution in [3.05, 3.63) is 28.7 Å². The van der Waals surface area contributed by atoms with Gasteiger partial charge in [-0.15, -0.1) is 0 Å². The van der Waals surface area contributed by atoms with Gasteiger partial charge in [-0.25, -0.2) is 0 Å². The van der Waals surface area contributed by atoms with E-state index in [0.29, 0.717) is 5.41 Å². The average Bonchev–Trinajstić information content (AvgIpc) is 3.02. The highest BCUT2D eigenvalue weighted by Gasteiger charge is 2.49. The van der Waals surface area contributed by atoms with Gasteiger partial charge in [0.15, 0.2) is 0 Å². The summed E-state index contributed by atoms with van der Waals surface area (Å²) in [6, 6.07) is 8.15. The van der Waals surface area contributed by atoms with E-state index < -0.39 is 0 Å². The van der Waals surface area contributed by atoms with Crippen LogP contribution in [0.15, 0.2) is 28.7 Å². The molecule has 2 nitrogen and oxygen atoms in total. The zero-order valence-corrected chi connectivity index (χ0v) is 13.8. The maximum absolute atomic E-state index is 5.95. The standard InChI is InChI=1S/C17H24BrNO/c1-19-12-17(11-13-2-3-14(17)10-13)8-9-20-16-6-4-15(18)5-7-16/h4-7,13-14,19H,2-3,8-12H2,1H3. The molecule has 3 atom stereocenters. The van der Waals surface area contributed by atoms with E-state index in [0.717, 1.165) is 35.2 Å². The third-order valence-corrected chi connectivity index (χ3v) is 5.84. The lowest BCUT2D eigenvalue weighted by atomic mass is 9.71. The maximum Gasteiger partial charge on any atom is 0.119 e. The van der Waals surface area contributed by atoms with Crippen LogP contribution in [0.1, 0.15) is 32.1 Å². The van der Waals surface area contributed by atoms with E-state index in [1.54, 1.807) is 0 Å². The van der Waals surface area contributed by atoms with E-state index >= 15 is 0 Å². The molecule has 110 valence electrons. The number of benzene rings is 1. The molecule has 0 saturated heterocycles. The lowest BCUT2D eigenvalue weighted by Crippen LogP contribution is -2.38. The molecule has 0 heterocycles. The summed E-state index contributed by atoms with van der Waals surface area (Å²) in [5, 5.41) is 3.43. The van der Waals surface area contributed by atoms with E-state index in [2.05, 4.69) is 28.3 Å². The first-order chi connectivity index (χ1) is 9.72. The van der Waals surface area contributed by atoms with E-state index in [9.17, 15) is 0 Å². The van der Waals surface area contributed by atoms with Crippen molar-refractivity contribution in [2.24, 2.45) is 17.3 Å². The largest absolute Gasteiger partial charge is 0.494 e. The van der Waals surface area contributed by atoms with Gasteiger partial charge in [-0.05, 0) is 74.2 Å². The summed E-state index contributed by atoms with van der Waals surface area (Å²) < 4.78 is 7.05. The Morgan fingerprint density at radius 3 is 2.70 bits per heavy atom. The van der Waals surface area contributed by atoms with Crippen molar-refractivity contribution in [2.75, 3.05) is 20.2 Å². The molecule has 0 aliphatic heterocycles. The zero-order chi connectivity index (χ0) is 14.0. The summed E-state index contributed by atoms with van der Waals surface area (Å²) in [5.74, 6) is 2.89. The van der Waals surface area contributed by atoms with E-state index in [1.165, 1.54) is 32.1 Å². The first-order valence-electron chi connectivity index (χ1n) is 7.75. The predicted octanol–water partition coefficient (Wildman–Crippen LogP) is 4.24. The number of hydrogen-bond donors (Lipinski definition) is 1. The van der Waals surface area contributed by atoms with Crippen molar-refractivity contribution in [1.82, 2.24) is 5.32 Å². The summed E-state index contributed by atoms with van der Waals surface area (Å²) in [6.07, 6.45) is 6.95. The molecule has 3 rings (SSSR count). The summed E-state index contributed by atoms with van der Waals surface area (Å²) in [7, 11) is 2.09. The average molecular weight is 338 g/mol. The van der Waals surface area contributed by atoms with Gasteiger partial charge >= 0.3 is 0 Å². The molecule has 2 bridgehead atoms. The van der Waals surface area contributed by atoms with Crippen LogP contribution in [0.25, 0.3) is 0 Å². The summed E-state index contributed by atoms with van der Waals surface area (Å²) in [5.41, 5.74) is 0.493. The van der Waals surface area contributed by atoms with Gasteiger partial charge in [-0.2, -0.15) is 0 Å². The molecule has 2 saturated carbocycles. The number of fused-ring (bicyclic) bond motifs is 2. The Hall–Kier alpha value is -0.540. The van der Waals surface area contributed by atoms with Crippen LogP contribution in [0.4, 0.5) is 0 Å². The Bertz CT molecular complexity index is 447. The Morgan fingerprint density at radius 1 is 1.30 bits per heavy atom. The lowest BCUT2D eigenvalue weighted by Gasteiger charge is -2.37.